The first kappa shape index (κ1) is 17.3. The first-order chi connectivity index (χ1) is 13.2. The fourth-order valence-corrected chi connectivity index (χ4v) is 3.95. The molecule has 0 radical (unpaired) electrons. The van der Waals surface area contributed by atoms with Gasteiger partial charge in [-0.05, 0) is 30.2 Å². The zero-order chi connectivity index (χ0) is 18.6. The molecular formula is C21H20N4OS. The van der Waals surface area contributed by atoms with Gasteiger partial charge in [-0.15, -0.1) is 11.3 Å². The first-order valence-electron chi connectivity index (χ1n) is 8.71. The predicted octanol–water partition coefficient (Wildman–Crippen LogP) is 4.60. The third-order valence-corrected chi connectivity index (χ3v) is 5.34. The van der Waals surface area contributed by atoms with Gasteiger partial charge in [0.2, 0.25) is 5.95 Å². The molecule has 136 valence electrons. The maximum absolute atomic E-state index is 5.95. The molecular weight excluding hydrogens is 356 g/mol. The SMILES string of the molecule is COc1ccc(CCNc2cc(-c3csc4ccccc34)nc(N)n2)cc1. The minimum absolute atomic E-state index is 0.273. The van der Waals surface area contributed by atoms with E-state index in [-0.39, 0.29) is 5.95 Å². The monoisotopic (exact) mass is 376 g/mol. The molecule has 0 aliphatic carbocycles. The second kappa shape index (κ2) is 7.63. The van der Waals surface area contributed by atoms with Gasteiger partial charge in [0, 0.05) is 33.6 Å². The van der Waals surface area contributed by atoms with Crippen molar-refractivity contribution in [1.82, 2.24) is 9.97 Å². The number of hydrogen-bond donors (Lipinski definition) is 2. The highest BCUT2D eigenvalue weighted by atomic mass is 32.1. The van der Waals surface area contributed by atoms with Crippen LogP contribution in [-0.4, -0.2) is 23.6 Å². The van der Waals surface area contributed by atoms with Crippen molar-refractivity contribution < 1.29 is 4.74 Å². The van der Waals surface area contributed by atoms with Crippen molar-refractivity contribution >= 4 is 33.2 Å². The van der Waals surface area contributed by atoms with Gasteiger partial charge in [0.25, 0.3) is 0 Å². The van der Waals surface area contributed by atoms with Crippen LogP contribution in [0.3, 0.4) is 0 Å². The fourth-order valence-electron chi connectivity index (χ4n) is 3.00. The van der Waals surface area contributed by atoms with E-state index in [1.54, 1.807) is 18.4 Å². The van der Waals surface area contributed by atoms with E-state index in [1.807, 2.05) is 30.3 Å². The summed E-state index contributed by atoms with van der Waals surface area (Å²) in [6.45, 7) is 0.757. The molecule has 4 aromatic rings. The number of rotatable bonds is 6. The number of hydrogen-bond acceptors (Lipinski definition) is 6. The van der Waals surface area contributed by atoms with Gasteiger partial charge in [-0.1, -0.05) is 30.3 Å². The maximum Gasteiger partial charge on any atom is 0.222 e. The molecule has 2 aromatic carbocycles. The second-order valence-electron chi connectivity index (χ2n) is 6.17. The Labute approximate surface area is 161 Å². The molecule has 6 heteroatoms. The Balaban J connectivity index is 1.50. The summed E-state index contributed by atoms with van der Waals surface area (Å²) in [5.41, 5.74) is 9.11. The van der Waals surface area contributed by atoms with Crippen LogP contribution in [0.25, 0.3) is 21.3 Å². The number of fused-ring (bicyclic) bond motifs is 1. The first-order valence-corrected chi connectivity index (χ1v) is 9.59. The van der Waals surface area contributed by atoms with Gasteiger partial charge < -0.3 is 15.8 Å². The molecule has 0 aliphatic heterocycles. The van der Waals surface area contributed by atoms with Gasteiger partial charge in [-0.25, -0.2) is 4.98 Å². The minimum atomic E-state index is 0.273. The van der Waals surface area contributed by atoms with E-state index in [9.17, 15) is 0 Å². The molecule has 2 aromatic heterocycles. The van der Waals surface area contributed by atoms with E-state index in [1.165, 1.54) is 15.6 Å². The lowest BCUT2D eigenvalue weighted by Crippen LogP contribution is -2.08. The van der Waals surface area contributed by atoms with E-state index in [0.717, 1.165) is 35.8 Å². The van der Waals surface area contributed by atoms with Crippen LogP contribution >= 0.6 is 11.3 Å². The Morgan fingerprint density at radius 3 is 2.70 bits per heavy atom. The number of methoxy groups -OCH3 is 1. The lowest BCUT2D eigenvalue weighted by molar-refractivity contribution is 0.414. The van der Waals surface area contributed by atoms with Gasteiger partial charge >= 0.3 is 0 Å². The normalized spacial score (nSPS) is 10.9. The summed E-state index contributed by atoms with van der Waals surface area (Å²) in [5.74, 6) is 1.87. The average molecular weight is 376 g/mol. The number of nitrogens with zero attached hydrogens (tertiary/aromatic N) is 2. The van der Waals surface area contributed by atoms with E-state index in [0.29, 0.717) is 0 Å². The molecule has 5 nitrogen and oxygen atoms in total. The van der Waals surface area contributed by atoms with Crippen molar-refractivity contribution in [2.75, 3.05) is 24.7 Å². The molecule has 0 spiro atoms. The highest BCUT2D eigenvalue weighted by Crippen LogP contribution is 2.33. The summed E-state index contributed by atoms with van der Waals surface area (Å²) in [6.07, 6.45) is 0.880. The number of nitrogens with one attached hydrogen (secondary N) is 1. The molecule has 27 heavy (non-hydrogen) atoms. The Hall–Kier alpha value is -3.12. The van der Waals surface area contributed by atoms with Crippen LogP contribution in [0, 0.1) is 0 Å². The van der Waals surface area contributed by atoms with Crippen LogP contribution in [0.15, 0.2) is 60.0 Å². The van der Waals surface area contributed by atoms with Crippen molar-refractivity contribution in [3.05, 3.63) is 65.5 Å². The average Bonchev–Trinajstić information content (AvgIpc) is 3.12. The zero-order valence-corrected chi connectivity index (χ0v) is 15.8. The summed E-state index contributed by atoms with van der Waals surface area (Å²) in [5, 5.41) is 6.66. The molecule has 0 fully saturated rings. The number of nitrogen functional groups attached to an aromatic ring is 1. The lowest BCUT2D eigenvalue weighted by atomic mass is 10.1. The molecule has 0 unspecified atom stereocenters. The van der Waals surface area contributed by atoms with Crippen molar-refractivity contribution in [2.24, 2.45) is 0 Å². The van der Waals surface area contributed by atoms with E-state index in [2.05, 4.69) is 44.9 Å². The van der Waals surface area contributed by atoms with E-state index in [4.69, 9.17) is 10.5 Å². The summed E-state index contributed by atoms with van der Waals surface area (Å²) >= 11 is 1.71. The highest BCUT2D eigenvalue weighted by Gasteiger charge is 2.10. The van der Waals surface area contributed by atoms with Gasteiger partial charge in [0.15, 0.2) is 0 Å². The summed E-state index contributed by atoms with van der Waals surface area (Å²) in [4.78, 5) is 8.75. The number of benzene rings is 2. The third kappa shape index (κ3) is 3.85. The fraction of sp³-hybridized carbons (Fsp3) is 0.143. The predicted molar refractivity (Wildman–Crippen MR) is 112 cm³/mol. The molecule has 0 saturated carbocycles. The molecule has 0 saturated heterocycles. The quantitative estimate of drug-likeness (QED) is 0.514. The van der Waals surface area contributed by atoms with Crippen LogP contribution in [0.2, 0.25) is 0 Å². The van der Waals surface area contributed by atoms with E-state index < -0.39 is 0 Å². The van der Waals surface area contributed by atoms with E-state index >= 15 is 0 Å². The Morgan fingerprint density at radius 1 is 1.07 bits per heavy atom. The van der Waals surface area contributed by atoms with Gasteiger partial charge in [-0.3, -0.25) is 0 Å². The van der Waals surface area contributed by atoms with Crippen molar-refractivity contribution in [2.45, 2.75) is 6.42 Å². The molecule has 0 atom stereocenters. The molecule has 0 bridgehead atoms. The van der Waals surface area contributed by atoms with Gasteiger partial charge in [-0.2, -0.15) is 4.98 Å². The highest BCUT2D eigenvalue weighted by molar-refractivity contribution is 7.17. The lowest BCUT2D eigenvalue weighted by Gasteiger charge is -2.09. The van der Waals surface area contributed by atoms with Crippen LogP contribution in [-0.2, 0) is 6.42 Å². The molecule has 2 heterocycles. The van der Waals surface area contributed by atoms with Crippen molar-refractivity contribution in [3.63, 3.8) is 0 Å². The standard InChI is InChI=1S/C21H20N4OS/c1-26-15-8-6-14(7-9-15)10-11-23-20-12-18(24-21(22)25-20)17-13-27-19-5-3-2-4-16(17)19/h2-9,12-13H,10-11H2,1H3,(H3,22,23,24,25). The minimum Gasteiger partial charge on any atom is -0.497 e. The summed E-state index contributed by atoms with van der Waals surface area (Å²) < 4.78 is 6.42. The van der Waals surface area contributed by atoms with Crippen molar-refractivity contribution in [3.8, 4) is 17.0 Å². The van der Waals surface area contributed by atoms with Crippen LogP contribution in [0.1, 0.15) is 5.56 Å². The van der Waals surface area contributed by atoms with Crippen LogP contribution in [0.5, 0.6) is 5.75 Å². The molecule has 3 N–H and O–H groups in total. The number of aromatic nitrogens is 2. The molecule has 4 rings (SSSR count). The second-order valence-corrected chi connectivity index (χ2v) is 7.08. The smallest absolute Gasteiger partial charge is 0.222 e. The number of nitrogens with two attached hydrogens (primary N) is 1. The Morgan fingerprint density at radius 2 is 1.89 bits per heavy atom. The van der Waals surface area contributed by atoms with Gasteiger partial charge in [0.05, 0.1) is 12.8 Å². The maximum atomic E-state index is 5.95. The zero-order valence-electron chi connectivity index (χ0n) is 15.0. The number of thiophene rings is 1. The third-order valence-electron chi connectivity index (χ3n) is 4.38. The molecule has 0 amide bonds. The number of anilines is 2. The Kier molecular flexibility index (Phi) is 4.89. The summed E-state index contributed by atoms with van der Waals surface area (Å²) in [6, 6.07) is 18.3. The summed E-state index contributed by atoms with van der Waals surface area (Å²) in [7, 11) is 1.67. The molecule has 0 aliphatic rings. The number of ether oxygens (including phenoxy) is 1. The topological polar surface area (TPSA) is 73.1 Å². The van der Waals surface area contributed by atoms with Gasteiger partial charge in [0.1, 0.15) is 11.6 Å². The van der Waals surface area contributed by atoms with Crippen molar-refractivity contribution in [1.29, 1.82) is 0 Å². The van der Waals surface area contributed by atoms with Crippen LogP contribution in [0.4, 0.5) is 11.8 Å². The Bertz CT molecular complexity index is 1060. The van der Waals surface area contributed by atoms with Crippen LogP contribution < -0.4 is 15.8 Å². The largest absolute Gasteiger partial charge is 0.497 e.